The van der Waals surface area contributed by atoms with Crippen LogP contribution in [0.4, 0.5) is 0 Å². The highest BCUT2D eigenvalue weighted by Crippen LogP contribution is 2.26. The van der Waals surface area contributed by atoms with Crippen LogP contribution >= 0.6 is 27.5 Å². The number of hydrogen-bond donors (Lipinski definition) is 2. The van der Waals surface area contributed by atoms with E-state index in [0.29, 0.717) is 21.5 Å². The molecule has 1 rings (SSSR count). The van der Waals surface area contributed by atoms with Crippen LogP contribution < -0.4 is 5.32 Å². The van der Waals surface area contributed by atoms with Crippen molar-refractivity contribution in [2.75, 3.05) is 6.61 Å². The maximum absolute atomic E-state index is 12.2. The van der Waals surface area contributed by atoms with E-state index < -0.39 is 5.54 Å². The van der Waals surface area contributed by atoms with Crippen molar-refractivity contribution in [1.29, 1.82) is 0 Å². The number of carbonyl (C=O) groups excluding carboxylic acids is 1. The van der Waals surface area contributed by atoms with Crippen molar-refractivity contribution in [2.24, 2.45) is 0 Å². The van der Waals surface area contributed by atoms with Gasteiger partial charge in [0.25, 0.3) is 5.91 Å². The van der Waals surface area contributed by atoms with Crippen LogP contribution in [0.25, 0.3) is 0 Å². The molecule has 0 aliphatic heterocycles. The van der Waals surface area contributed by atoms with Crippen molar-refractivity contribution in [3.05, 3.63) is 33.3 Å². The Kier molecular flexibility index (Phi) is 5.63. The minimum atomic E-state index is -0.419. The highest BCUT2D eigenvalue weighted by atomic mass is 79.9. The molecule has 0 saturated carbocycles. The van der Waals surface area contributed by atoms with Crippen LogP contribution in [-0.2, 0) is 0 Å². The van der Waals surface area contributed by atoms with Gasteiger partial charge in [-0.25, -0.2) is 0 Å². The first-order valence-corrected chi connectivity index (χ1v) is 6.98. The normalized spacial score (nSPS) is 14.1. The van der Waals surface area contributed by atoms with Gasteiger partial charge in [-0.15, -0.1) is 0 Å². The molecule has 0 radical (unpaired) electrons. The topological polar surface area (TPSA) is 49.3 Å². The van der Waals surface area contributed by atoms with Gasteiger partial charge in [-0.3, -0.25) is 4.79 Å². The van der Waals surface area contributed by atoms with Gasteiger partial charge in [-0.2, -0.15) is 0 Å². The van der Waals surface area contributed by atoms with Crippen LogP contribution in [0.2, 0.25) is 5.02 Å². The van der Waals surface area contributed by atoms with Crippen LogP contribution in [0.1, 0.15) is 37.0 Å². The van der Waals surface area contributed by atoms with Crippen molar-refractivity contribution < 1.29 is 9.90 Å². The van der Waals surface area contributed by atoms with Gasteiger partial charge in [0.1, 0.15) is 0 Å². The lowest BCUT2D eigenvalue weighted by Crippen LogP contribution is -2.46. The van der Waals surface area contributed by atoms with Gasteiger partial charge in [-0.1, -0.05) is 24.6 Å². The quantitative estimate of drug-likeness (QED) is 0.867. The molecular formula is C13H17BrClNO2. The summed E-state index contributed by atoms with van der Waals surface area (Å²) in [4.78, 5) is 12.2. The lowest BCUT2D eigenvalue weighted by molar-refractivity contribution is 0.0886. The van der Waals surface area contributed by atoms with E-state index in [2.05, 4.69) is 21.2 Å². The maximum atomic E-state index is 12.2. The van der Waals surface area contributed by atoms with E-state index in [0.717, 1.165) is 6.42 Å². The third-order valence-corrected chi connectivity index (χ3v) is 4.35. The molecule has 0 bridgehead atoms. The summed E-state index contributed by atoms with van der Waals surface area (Å²) in [7, 11) is 0. The first-order chi connectivity index (χ1) is 8.43. The Morgan fingerprint density at radius 1 is 1.56 bits per heavy atom. The smallest absolute Gasteiger partial charge is 0.253 e. The largest absolute Gasteiger partial charge is 0.396 e. The summed E-state index contributed by atoms with van der Waals surface area (Å²) in [6, 6.07) is 5.23. The molecule has 0 fully saturated rings. The second-order valence-electron chi connectivity index (χ2n) is 4.44. The fourth-order valence-corrected chi connectivity index (χ4v) is 2.17. The van der Waals surface area contributed by atoms with E-state index in [4.69, 9.17) is 16.7 Å². The van der Waals surface area contributed by atoms with Crippen molar-refractivity contribution in [1.82, 2.24) is 5.32 Å². The number of amides is 1. The molecule has 0 aliphatic carbocycles. The van der Waals surface area contributed by atoms with E-state index in [1.807, 2.05) is 13.8 Å². The Balaban J connectivity index is 2.91. The number of aliphatic hydroxyl groups is 1. The molecule has 18 heavy (non-hydrogen) atoms. The van der Waals surface area contributed by atoms with Crippen LogP contribution in [-0.4, -0.2) is 23.2 Å². The Hall–Kier alpha value is -0.580. The van der Waals surface area contributed by atoms with Crippen LogP contribution in [0, 0.1) is 0 Å². The molecule has 0 spiro atoms. The second-order valence-corrected chi connectivity index (χ2v) is 5.68. The average Bonchev–Trinajstić information content (AvgIpc) is 2.32. The Bertz CT molecular complexity index is 439. The molecule has 0 aromatic heterocycles. The Morgan fingerprint density at radius 3 is 2.78 bits per heavy atom. The van der Waals surface area contributed by atoms with E-state index >= 15 is 0 Å². The number of benzene rings is 1. The second kappa shape index (κ2) is 6.55. The molecule has 1 aromatic carbocycles. The minimum absolute atomic E-state index is 0.0385. The number of halogens is 2. The summed E-state index contributed by atoms with van der Waals surface area (Å²) in [5.74, 6) is -0.223. The van der Waals surface area contributed by atoms with E-state index in [9.17, 15) is 4.79 Å². The van der Waals surface area contributed by atoms with Crippen LogP contribution in [0.3, 0.4) is 0 Å². The van der Waals surface area contributed by atoms with Crippen molar-refractivity contribution in [3.63, 3.8) is 0 Å². The summed E-state index contributed by atoms with van der Waals surface area (Å²) in [6.07, 6.45) is 1.26. The van der Waals surface area contributed by atoms with Crippen molar-refractivity contribution in [3.8, 4) is 0 Å². The number of hydrogen-bond acceptors (Lipinski definition) is 2. The summed E-state index contributed by atoms with van der Waals surface area (Å²) in [6.45, 7) is 3.92. The molecule has 100 valence electrons. The van der Waals surface area contributed by atoms with E-state index in [-0.39, 0.29) is 12.5 Å². The zero-order valence-electron chi connectivity index (χ0n) is 10.5. The third kappa shape index (κ3) is 3.70. The van der Waals surface area contributed by atoms with Crippen molar-refractivity contribution in [2.45, 2.75) is 32.2 Å². The number of carbonyl (C=O) groups is 1. The Labute approximate surface area is 121 Å². The molecule has 0 aliphatic rings. The first-order valence-electron chi connectivity index (χ1n) is 5.81. The molecule has 0 saturated heterocycles. The van der Waals surface area contributed by atoms with Crippen molar-refractivity contribution >= 4 is 33.4 Å². The highest BCUT2D eigenvalue weighted by Gasteiger charge is 2.25. The Morgan fingerprint density at radius 2 is 2.22 bits per heavy atom. The van der Waals surface area contributed by atoms with Crippen LogP contribution in [0.5, 0.6) is 0 Å². The molecule has 2 N–H and O–H groups in total. The summed E-state index contributed by atoms with van der Waals surface area (Å²) >= 11 is 9.37. The fourth-order valence-electron chi connectivity index (χ4n) is 1.60. The standard InChI is InChI=1S/C13H17BrClNO2/c1-3-13(2,7-8-17)16-12(18)9-5-4-6-10(14)11(9)15/h4-6,17H,3,7-8H2,1-2H3,(H,16,18). The molecule has 0 heterocycles. The highest BCUT2D eigenvalue weighted by molar-refractivity contribution is 9.10. The summed E-state index contributed by atoms with van der Waals surface area (Å²) in [5, 5.41) is 12.4. The first kappa shape index (κ1) is 15.5. The number of rotatable bonds is 5. The zero-order chi connectivity index (χ0) is 13.8. The van der Waals surface area contributed by atoms with Gasteiger partial charge < -0.3 is 10.4 Å². The molecule has 3 nitrogen and oxygen atoms in total. The van der Waals surface area contributed by atoms with Gasteiger partial charge in [0.15, 0.2) is 0 Å². The number of aliphatic hydroxyl groups excluding tert-OH is 1. The zero-order valence-corrected chi connectivity index (χ0v) is 12.8. The molecule has 1 unspecified atom stereocenters. The molecule has 1 aromatic rings. The summed E-state index contributed by atoms with van der Waals surface area (Å²) in [5.41, 5.74) is 0.0148. The monoisotopic (exact) mass is 333 g/mol. The predicted molar refractivity (Wildman–Crippen MR) is 77.0 cm³/mol. The lowest BCUT2D eigenvalue weighted by Gasteiger charge is -2.29. The SMILES string of the molecule is CCC(C)(CCO)NC(=O)c1cccc(Br)c1Cl. The molecule has 1 atom stereocenters. The molecule has 1 amide bonds. The maximum Gasteiger partial charge on any atom is 0.253 e. The van der Waals surface area contributed by atoms with Gasteiger partial charge in [0, 0.05) is 16.6 Å². The third-order valence-electron chi connectivity index (χ3n) is 3.06. The fraction of sp³-hybridized carbons (Fsp3) is 0.462. The van der Waals surface area contributed by atoms with Gasteiger partial charge in [0.05, 0.1) is 10.6 Å². The van der Waals surface area contributed by atoms with Crippen LogP contribution in [0.15, 0.2) is 22.7 Å². The molecular weight excluding hydrogens is 318 g/mol. The lowest BCUT2D eigenvalue weighted by atomic mass is 9.94. The van der Waals surface area contributed by atoms with Gasteiger partial charge in [-0.05, 0) is 47.8 Å². The van der Waals surface area contributed by atoms with E-state index in [1.54, 1.807) is 18.2 Å². The van der Waals surface area contributed by atoms with Gasteiger partial charge in [0.2, 0.25) is 0 Å². The molecule has 5 heteroatoms. The minimum Gasteiger partial charge on any atom is -0.396 e. The van der Waals surface area contributed by atoms with Gasteiger partial charge >= 0.3 is 0 Å². The number of nitrogens with one attached hydrogen (secondary N) is 1. The van der Waals surface area contributed by atoms with E-state index in [1.165, 1.54) is 0 Å². The summed E-state index contributed by atoms with van der Waals surface area (Å²) < 4.78 is 0.692. The average molecular weight is 335 g/mol. The predicted octanol–water partition coefficient (Wildman–Crippen LogP) is 3.38.